The fourth-order valence-corrected chi connectivity index (χ4v) is 4.20. The van der Waals surface area contributed by atoms with Gasteiger partial charge in [0.1, 0.15) is 5.75 Å². The van der Waals surface area contributed by atoms with E-state index in [0.29, 0.717) is 5.75 Å². The lowest BCUT2D eigenvalue weighted by Gasteiger charge is -2.34. The molecule has 0 unspecified atom stereocenters. The van der Waals surface area contributed by atoms with Gasteiger partial charge in [-0.1, -0.05) is 74.4 Å². The van der Waals surface area contributed by atoms with Gasteiger partial charge in [-0.15, -0.1) is 0 Å². The summed E-state index contributed by atoms with van der Waals surface area (Å²) in [6.07, 6.45) is 1.11. The van der Waals surface area contributed by atoms with Crippen molar-refractivity contribution in [2.75, 3.05) is 26.2 Å². The summed E-state index contributed by atoms with van der Waals surface area (Å²) in [5.41, 5.74) is 3.82. The third-order valence-electron chi connectivity index (χ3n) is 5.60. The molecule has 1 aromatic carbocycles. The zero-order valence-electron chi connectivity index (χ0n) is 19.4. The van der Waals surface area contributed by atoms with Crippen LogP contribution in [0.1, 0.15) is 85.4 Å². The van der Waals surface area contributed by atoms with Gasteiger partial charge < -0.3 is 5.11 Å². The second-order valence-corrected chi connectivity index (χ2v) is 9.69. The molecule has 0 saturated heterocycles. The van der Waals surface area contributed by atoms with Crippen LogP contribution in [-0.4, -0.2) is 41.1 Å². The Labute approximate surface area is 168 Å². The summed E-state index contributed by atoms with van der Waals surface area (Å²) in [6, 6.07) is 4.51. The van der Waals surface area contributed by atoms with E-state index in [9.17, 15) is 5.11 Å². The Morgan fingerprint density at radius 1 is 0.741 bits per heavy atom. The molecule has 0 spiro atoms. The lowest BCUT2D eigenvalue weighted by molar-refractivity contribution is 0.274. The number of nitrogens with zero attached hydrogens (tertiary/aromatic N) is 2. The zero-order valence-corrected chi connectivity index (χ0v) is 19.4. The van der Waals surface area contributed by atoms with Crippen LogP contribution >= 0.6 is 0 Å². The van der Waals surface area contributed by atoms with Crippen LogP contribution in [0.15, 0.2) is 12.1 Å². The highest BCUT2D eigenvalue weighted by Crippen LogP contribution is 2.39. The number of rotatable bonds is 10. The quantitative estimate of drug-likeness (QED) is 0.560. The molecule has 1 aromatic rings. The first-order chi connectivity index (χ1) is 12.5. The Hall–Kier alpha value is -1.06. The third kappa shape index (κ3) is 7.12. The van der Waals surface area contributed by atoms with Crippen LogP contribution in [0.3, 0.4) is 0 Å². The Morgan fingerprint density at radius 3 is 1.41 bits per heavy atom. The van der Waals surface area contributed by atoms with Crippen molar-refractivity contribution in [3.05, 3.63) is 28.8 Å². The maximum absolute atomic E-state index is 11.0. The molecule has 3 heteroatoms. The normalized spacial score (nSPS) is 13.0. The number of phenols is 1. The van der Waals surface area contributed by atoms with E-state index < -0.39 is 0 Å². The van der Waals surface area contributed by atoms with Crippen LogP contribution < -0.4 is 0 Å². The van der Waals surface area contributed by atoms with Gasteiger partial charge in [-0.3, -0.25) is 9.80 Å². The minimum Gasteiger partial charge on any atom is -0.507 e. The van der Waals surface area contributed by atoms with E-state index >= 15 is 0 Å². The average molecular weight is 377 g/mol. The first-order valence-corrected chi connectivity index (χ1v) is 10.8. The zero-order chi connectivity index (χ0) is 20.8. The number of aromatic hydroxyl groups is 1. The predicted octanol–water partition coefficient (Wildman–Crippen LogP) is 5.79. The highest BCUT2D eigenvalue weighted by atomic mass is 16.3. The molecule has 0 fully saturated rings. The lowest BCUT2D eigenvalue weighted by Crippen LogP contribution is -2.27. The van der Waals surface area contributed by atoms with Crippen LogP contribution in [0.5, 0.6) is 5.75 Å². The van der Waals surface area contributed by atoms with Gasteiger partial charge in [0.2, 0.25) is 0 Å². The van der Waals surface area contributed by atoms with E-state index in [2.05, 4.69) is 84.2 Å². The predicted molar refractivity (Wildman–Crippen MR) is 118 cm³/mol. The number of hydrogen-bond donors (Lipinski definition) is 1. The van der Waals surface area contributed by atoms with Gasteiger partial charge in [0, 0.05) is 24.2 Å². The van der Waals surface area contributed by atoms with Gasteiger partial charge >= 0.3 is 0 Å². The molecule has 0 aromatic heterocycles. The van der Waals surface area contributed by atoms with Crippen LogP contribution in [0.2, 0.25) is 0 Å². The molecule has 156 valence electrons. The molecule has 3 nitrogen and oxygen atoms in total. The van der Waals surface area contributed by atoms with E-state index in [4.69, 9.17) is 0 Å². The summed E-state index contributed by atoms with van der Waals surface area (Å²) in [4.78, 5) is 4.74. The number of phenolic OH excluding ortho intramolecular Hbond substituents is 1. The maximum Gasteiger partial charge on any atom is 0.124 e. The fraction of sp³-hybridized carbons (Fsp3) is 0.750. The molecule has 1 N–H and O–H groups in total. The topological polar surface area (TPSA) is 26.7 Å². The Balaban J connectivity index is 3.41. The van der Waals surface area contributed by atoms with Crippen LogP contribution in [0.25, 0.3) is 0 Å². The summed E-state index contributed by atoms with van der Waals surface area (Å²) >= 11 is 0. The fourth-order valence-electron chi connectivity index (χ4n) is 4.20. The molecule has 0 aliphatic carbocycles. The van der Waals surface area contributed by atoms with Crippen LogP contribution in [-0.2, 0) is 18.5 Å². The van der Waals surface area contributed by atoms with Crippen molar-refractivity contribution in [2.45, 2.75) is 87.2 Å². The molecular formula is C24H44N2O. The Morgan fingerprint density at radius 2 is 1.11 bits per heavy atom. The molecule has 0 heterocycles. The van der Waals surface area contributed by atoms with Crippen molar-refractivity contribution in [1.82, 2.24) is 9.80 Å². The second kappa shape index (κ2) is 9.93. The minimum absolute atomic E-state index is 0.0714. The smallest absolute Gasteiger partial charge is 0.124 e. The molecule has 0 aliphatic rings. The maximum atomic E-state index is 11.0. The van der Waals surface area contributed by atoms with E-state index in [1.807, 2.05) is 0 Å². The summed E-state index contributed by atoms with van der Waals surface area (Å²) in [5.74, 6) is 0.490. The van der Waals surface area contributed by atoms with Gasteiger partial charge in [0.25, 0.3) is 0 Å². The van der Waals surface area contributed by atoms with E-state index in [-0.39, 0.29) is 10.8 Å². The Bertz CT molecular complexity index is 544. The third-order valence-corrected chi connectivity index (χ3v) is 5.60. The molecule has 0 bridgehead atoms. The molecule has 0 radical (unpaired) electrons. The second-order valence-electron chi connectivity index (χ2n) is 9.69. The van der Waals surface area contributed by atoms with Gasteiger partial charge in [-0.25, -0.2) is 0 Å². The molecule has 27 heavy (non-hydrogen) atoms. The average Bonchev–Trinajstić information content (AvgIpc) is 2.57. The largest absolute Gasteiger partial charge is 0.507 e. The summed E-state index contributed by atoms with van der Waals surface area (Å²) in [7, 11) is 0. The standard InChI is InChI=1S/C24H44N2O/c1-10-25(11-2)16-19-14-21(24(8,9)18-23(5,6)7)15-20(22(19)27)17-26(12-3)13-4/h14-15,27H,10-13,16-18H2,1-9H3. The van der Waals surface area contributed by atoms with E-state index in [1.54, 1.807) is 0 Å². The molecule has 1 rings (SSSR count). The Kier molecular flexibility index (Phi) is 8.82. The van der Waals surface area contributed by atoms with Gasteiger partial charge in [-0.2, -0.15) is 0 Å². The summed E-state index contributed by atoms with van der Waals surface area (Å²) in [5, 5.41) is 11.0. The van der Waals surface area contributed by atoms with E-state index in [1.165, 1.54) is 5.56 Å². The first kappa shape index (κ1) is 24.0. The van der Waals surface area contributed by atoms with Crippen molar-refractivity contribution in [1.29, 1.82) is 0 Å². The monoisotopic (exact) mass is 376 g/mol. The van der Waals surface area contributed by atoms with Crippen molar-refractivity contribution >= 4 is 0 Å². The molecule has 0 saturated carbocycles. The molecule has 0 amide bonds. The summed E-state index contributed by atoms with van der Waals surface area (Å²) < 4.78 is 0. The number of hydrogen-bond acceptors (Lipinski definition) is 3. The highest BCUT2D eigenvalue weighted by molar-refractivity contribution is 5.46. The number of benzene rings is 1. The van der Waals surface area contributed by atoms with Crippen molar-refractivity contribution in [3.63, 3.8) is 0 Å². The van der Waals surface area contributed by atoms with Gasteiger partial charge in [-0.05, 0) is 49.0 Å². The minimum atomic E-state index is 0.0714. The summed E-state index contributed by atoms with van der Waals surface area (Å²) in [6.45, 7) is 26.0. The first-order valence-electron chi connectivity index (χ1n) is 10.8. The lowest BCUT2D eigenvalue weighted by atomic mass is 9.71. The molecular weight excluding hydrogens is 332 g/mol. The van der Waals surface area contributed by atoms with Crippen molar-refractivity contribution < 1.29 is 5.11 Å². The van der Waals surface area contributed by atoms with Crippen LogP contribution in [0.4, 0.5) is 0 Å². The SMILES string of the molecule is CCN(CC)Cc1cc(C(C)(C)CC(C)(C)C)cc(CN(CC)CC)c1O. The van der Waals surface area contributed by atoms with Gasteiger partial charge in [0.15, 0.2) is 0 Å². The van der Waals surface area contributed by atoms with Gasteiger partial charge in [0.05, 0.1) is 0 Å². The molecule has 0 atom stereocenters. The highest BCUT2D eigenvalue weighted by Gasteiger charge is 2.29. The van der Waals surface area contributed by atoms with E-state index in [0.717, 1.165) is 56.8 Å². The molecule has 0 aliphatic heterocycles. The van der Waals surface area contributed by atoms with Crippen molar-refractivity contribution in [3.8, 4) is 5.75 Å². The van der Waals surface area contributed by atoms with Crippen LogP contribution in [0, 0.1) is 5.41 Å². The van der Waals surface area contributed by atoms with Crippen molar-refractivity contribution in [2.24, 2.45) is 5.41 Å².